The number of halogens is 1. The molecule has 0 fully saturated rings. The quantitative estimate of drug-likeness (QED) is 0.696. The summed E-state index contributed by atoms with van der Waals surface area (Å²) in [6.07, 6.45) is 0. The van der Waals surface area contributed by atoms with E-state index < -0.39 is 0 Å². The molecule has 0 aliphatic carbocycles. The van der Waals surface area contributed by atoms with E-state index in [2.05, 4.69) is 20.6 Å². The zero-order valence-electron chi connectivity index (χ0n) is 14.3. The van der Waals surface area contributed by atoms with Gasteiger partial charge in [0.15, 0.2) is 0 Å². The molecule has 3 aromatic rings. The van der Waals surface area contributed by atoms with Crippen LogP contribution in [0.4, 0.5) is 17.2 Å². The number of ether oxygens (including phenoxy) is 1. The Labute approximate surface area is 156 Å². The molecule has 3 rings (SSSR count). The van der Waals surface area contributed by atoms with Crippen LogP contribution in [0.5, 0.6) is 5.75 Å². The maximum absolute atomic E-state index is 12.5. The van der Waals surface area contributed by atoms with Gasteiger partial charge >= 0.3 is 0 Å². The van der Waals surface area contributed by atoms with Crippen LogP contribution in [0.2, 0.25) is 5.02 Å². The molecule has 2 aromatic carbocycles. The van der Waals surface area contributed by atoms with Gasteiger partial charge in [0, 0.05) is 17.8 Å². The number of nitrogens with zero attached hydrogens (tertiary/aromatic N) is 2. The SMILES string of the molecule is COc1cccc(Nc2cc(C(=O)Nc3ccccc3Cl)nc(C)n2)c1. The second kappa shape index (κ2) is 7.84. The van der Waals surface area contributed by atoms with Crippen LogP contribution in [-0.2, 0) is 0 Å². The van der Waals surface area contributed by atoms with Crippen molar-refractivity contribution in [3.8, 4) is 5.75 Å². The minimum Gasteiger partial charge on any atom is -0.497 e. The monoisotopic (exact) mass is 368 g/mol. The summed E-state index contributed by atoms with van der Waals surface area (Å²) in [7, 11) is 1.60. The Balaban J connectivity index is 1.83. The van der Waals surface area contributed by atoms with Crippen molar-refractivity contribution in [2.45, 2.75) is 6.92 Å². The first-order valence-corrected chi connectivity index (χ1v) is 8.25. The van der Waals surface area contributed by atoms with Gasteiger partial charge in [0.2, 0.25) is 0 Å². The van der Waals surface area contributed by atoms with Gasteiger partial charge in [0.05, 0.1) is 17.8 Å². The van der Waals surface area contributed by atoms with Gasteiger partial charge in [0.25, 0.3) is 5.91 Å². The normalized spacial score (nSPS) is 10.3. The van der Waals surface area contributed by atoms with E-state index in [1.54, 1.807) is 44.4 Å². The van der Waals surface area contributed by atoms with Crippen LogP contribution in [-0.4, -0.2) is 23.0 Å². The van der Waals surface area contributed by atoms with Crippen LogP contribution in [0.3, 0.4) is 0 Å². The largest absolute Gasteiger partial charge is 0.497 e. The first-order chi connectivity index (χ1) is 12.5. The highest BCUT2D eigenvalue weighted by Crippen LogP contribution is 2.23. The second-order valence-electron chi connectivity index (χ2n) is 5.48. The van der Waals surface area contributed by atoms with Crippen LogP contribution >= 0.6 is 11.6 Å². The highest BCUT2D eigenvalue weighted by atomic mass is 35.5. The summed E-state index contributed by atoms with van der Waals surface area (Å²) in [6, 6.07) is 16.0. The van der Waals surface area contributed by atoms with Crippen molar-refractivity contribution in [2.24, 2.45) is 0 Å². The van der Waals surface area contributed by atoms with Crippen LogP contribution in [0.15, 0.2) is 54.6 Å². The van der Waals surface area contributed by atoms with Crippen molar-refractivity contribution in [1.82, 2.24) is 9.97 Å². The Morgan fingerprint density at radius 3 is 2.65 bits per heavy atom. The number of aromatic nitrogens is 2. The number of rotatable bonds is 5. The van der Waals surface area contributed by atoms with Crippen molar-refractivity contribution < 1.29 is 9.53 Å². The molecule has 0 atom stereocenters. The van der Waals surface area contributed by atoms with Crippen LogP contribution in [0.1, 0.15) is 16.3 Å². The molecule has 1 heterocycles. The van der Waals surface area contributed by atoms with Gasteiger partial charge in [-0.2, -0.15) is 0 Å². The smallest absolute Gasteiger partial charge is 0.274 e. The highest BCUT2D eigenvalue weighted by Gasteiger charge is 2.12. The number of amides is 1. The summed E-state index contributed by atoms with van der Waals surface area (Å²) in [5, 5.41) is 6.37. The number of benzene rings is 2. The topological polar surface area (TPSA) is 76.1 Å². The standard InChI is InChI=1S/C19H17ClN4O2/c1-12-21-17(19(25)24-16-9-4-3-8-15(16)20)11-18(22-12)23-13-6-5-7-14(10-13)26-2/h3-11H,1-2H3,(H,24,25)(H,21,22,23). The number of anilines is 3. The Morgan fingerprint density at radius 1 is 1.08 bits per heavy atom. The Kier molecular flexibility index (Phi) is 5.34. The average Bonchev–Trinajstić information content (AvgIpc) is 2.63. The number of hydrogen-bond donors (Lipinski definition) is 2. The van der Waals surface area contributed by atoms with Gasteiger partial charge in [-0.3, -0.25) is 4.79 Å². The van der Waals surface area contributed by atoms with Gasteiger partial charge < -0.3 is 15.4 Å². The molecule has 1 amide bonds. The molecular weight excluding hydrogens is 352 g/mol. The van der Waals surface area contributed by atoms with E-state index in [9.17, 15) is 4.79 Å². The van der Waals surface area contributed by atoms with E-state index >= 15 is 0 Å². The van der Waals surface area contributed by atoms with Gasteiger partial charge in [-0.25, -0.2) is 9.97 Å². The fraction of sp³-hybridized carbons (Fsp3) is 0.105. The molecule has 0 saturated heterocycles. The Bertz CT molecular complexity index is 946. The number of methoxy groups -OCH3 is 1. The first-order valence-electron chi connectivity index (χ1n) is 7.88. The summed E-state index contributed by atoms with van der Waals surface area (Å²) >= 11 is 6.08. The van der Waals surface area contributed by atoms with E-state index in [4.69, 9.17) is 16.3 Å². The third kappa shape index (κ3) is 4.29. The molecular formula is C19H17ClN4O2. The zero-order chi connectivity index (χ0) is 18.5. The second-order valence-corrected chi connectivity index (χ2v) is 5.88. The maximum Gasteiger partial charge on any atom is 0.274 e. The average molecular weight is 369 g/mol. The van der Waals surface area contributed by atoms with Crippen LogP contribution in [0.25, 0.3) is 0 Å². The minimum absolute atomic E-state index is 0.239. The summed E-state index contributed by atoms with van der Waals surface area (Å²) < 4.78 is 5.21. The maximum atomic E-state index is 12.5. The third-order valence-corrected chi connectivity index (χ3v) is 3.86. The lowest BCUT2D eigenvalue weighted by molar-refractivity contribution is 0.102. The molecule has 7 heteroatoms. The molecule has 2 N–H and O–H groups in total. The fourth-order valence-corrected chi connectivity index (χ4v) is 2.53. The lowest BCUT2D eigenvalue weighted by Crippen LogP contribution is -2.15. The Morgan fingerprint density at radius 2 is 1.88 bits per heavy atom. The predicted molar refractivity (Wildman–Crippen MR) is 102 cm³/mol. The van der Waals surface area contributed by atoms with Crippen molar-refractivity contribution in [3.63, 3.8) is 0 Å². The van der Waals surface area contributed by atoms with E-state index in [-0.39, 0.29) is 11.6 Å². The lowest BCUT2D eigenvalue weighted by atomic mass is 10.2. The minimum atomic E-state index is -0.364. The summed E-state index contributed by atoms with van der Waals surface area (Å²) in [4.78, 5) is 21.0. The summed E-state index contributed by atoms with van der Waals surface area (Å²) in [5.74, 6) is 1.34. The number of carbonyl (C=O) groups is 1. The molecule has 26 heavy (non-hydrogen) atoms. The molecule has 0 unspecified atom stereocenters. The molecule has 132 valence electrons. The van der Waals surface area contributed by atoms with Crippen LogP contribution < -0.4 is 15.4 Å². The summed E-state index contributed by atoms with van der Waals surface area (Å²) in [5.41, 5.74) is 1.56. The van der Waals surface area contributed by atoms with E-state index in [1.807, 2.05) is 24.3 Å². The van der Waals surface area contributed by atoms with E-state index in [1.165, 1.54) is 0 Å². The first kappa shape index (κ1) is 17.7. The highest BCUT2D eigenvalue weighted by molar-refractivity contribution is 6.33. The van der Waals surface area contributed by atoms with Crippen molar-refractivity contribution in [1.29, 1.82) is 0 Å². The molecule has 0 aliphatic heterocycles. The van der Waals surface area contributed by atoms with Crippen molar-refractivity contribution in [2.75, 3.05) is 17.7 Å². The van der Waals surface area contributed by atoms with E-state index in [0.29, 0.717) is 22.4 Å². The van der Waals surface area contributed by atoms with E-state index in [0.717, 1.165) is 11.4 Å². The van der Waals surface area contributed by atoms with Gasteiger partial charge in [-0.15, -0.1) is 0 Å². The molecule has 0 spiro atoms. The Hall–Kier alpha value is -3.12. The van der Waals surface area contributed by atoms with Gasteiger partial charge in [-0.1, -0.05) is 29.8 Å². The fourth-order valence-electron chi connectivity index (χ4n) is 2.35. The number of hydrogen-bond acceptors (Lipinski definition) is 5. The van der Waals surface area contributed by atoms with Crippen molar-refractivity contribution >= 4 is 34.7 Å². The molecule has 0 saturated carbocycles. The zero-order valence-corrected chi connectivity index (χ0v) is 15.0. The van der Waals surface area contributed by atoms with Gasteiger partial charge in [-0.05, 0) is 31.2 Å². The predicted octanol–water partition coefficient (Wildman–Crippen LogP) is 4.44. The number of para-hydroxylation sites is 1. The van der Waals surface area contributed by atoms with Gasteiger partial charge in [0.1, 0.15) is 23.1 Å². The lowest BCUT2D eigenvalue weighted by Gasteiger charge is -2.10. The summed E-state index contributed by atoms with van der Waals surface area (Å²) in [6.45, 7) is 1.73. The van der Waals surface area contributed by atoms with Crippen molar-refractivity contribution in [3.05, 3.63) is 71.1 Å². The molecule has 1 aromatic heterocycles. The molecule has 0 bridgehead atoms. The van der Waals surface area contributed by atoms with Crippen LogP contribution in [0, 0.1) is 6.92 Å². The molecule has 6 nitrogen and oxygen atoms in total. The molecule has 0 radical (unpaired) electrons. The number of carbonyl (C=O) groups excluding carboxylic acids is 1. The third-order valence-electron chi connectivity index (χ3n) is 3.53. The number of nitrogens with one attached hydrogen (secondary N) is 2. The number of aryl methyl sites for hydroxylation is 1. The molecule has 0 aliphatic rings.